The molecule has 0 saturated carbocycles. The second-order valence-corrected chi connectivity index (χ2v) is 6.50. The third kappa shape index (κ3) is 2.88. The highest BCUT2D eigenvalue weighted by molar-refractivity contribution is 5.94. The van der Waals surface area contributed by atoms with Crippen molar-refractivity contribution in [1.82, 2.24) is 10.2 Å². The number of hydrogen-bond acceptors (Lipinski definition) is 3. The predicted octanol–water partition coefficient (Wildman–Crippen LogP) is 1.65. The van der Waals surface area contributed by atoms with Crippen molar-refractivity contribution in [2.24, 2.45) is 11.3 Å². The number of aliphatic hydroxyl groups is 1. The molecule has 2 aliphatic rings. The number of carbonyl (C=O) groups excluding carboxylic acids is 1. The van der Waals surface area contributed by atoms with Crippen LogP contribution in [0.4, 0.5) is 4.39 Å². The van der Waals surface area contributed by atoms with Crippen LogP contribution in [0, 0.1) is 17.2 Å². The lowest BCUT2D eigenvalue weighted by Crippen LogP contribution is -2.53. The normalized spacial score (nSPS) is 24.5. The Morgan fingerprint density at radius 3 is 2.82 bits per heavy atom. The lowest BCUT2D eigenvalue weighted by atomic mass is 9.65. The Bertz CT molecular complexity index is 541. The van der Waals surface area contributed by atoms with Gasteiger partial charge in [-0.05, 0) is 49.4 Å². The summed E-state index contributed by atoms with van der Waals surface area (Å²) in [5.74, 6) is -0.200. The number of hydrogen-bond donors (Lipinski definition) is 2. The van der Waals surface area contributed by atoms with Crippen LogP contribution in [0.25, 0.3) is 0 Å². The summed E-state index contributed by atoms with van der Waals surface area (Å²) >= 11 is 0. The molecule has 1 atom stereocenters. The van der Waals surface area contributed by atoms with Gasteiger partial charge in [-0.2, -0.15) is 0 Å². The quantitative estimate of drug-likeness (QED) is 0.873. The Balaban J connectivity index is 1.67. The molecule has 120 valence electrons. The Kier molecular flexibility index (Phi) is 4.45. The molecular weight excluding hydrogens is 283 g/mol. The van der Waals surface area contributed by atoms with E-state index in [1.165, 1.54) is 12.1 Å². The summed E-state index contributed by atoms with van der Waals surface area (Å²) in [5.41, 5.74) is 0.568. The highest BCUT2D eigenvalue weighted by Crippen LogP contribution is 2.43. The summed E-state index contributed by atoms with van der Waals surface area (Å²) in [6.07, 6.45) is 2.89. The summed E-state index contributed by atoms with van der Waals surface area (Å²) in [6, 6.07) is 5.88. The molecular formula is C17H23FN2O2. The predicted molar refractivity (Wildman–Crippen MR) is 82.0 cm³/mol. The first-order valence-corrected chi connectivity index (χ1v) is 8.01. The van der Waals surface area contributed by atoms with E-state index in [4.69, 9.17) is 0 Å². The van der Waals surface area contributed by atoms with Gasteiger partial charge < -0.3 is 15.3 Å². The Labute approximate surface area is 130 Å². The minimum atomic E-state index is -0.377. The van der Waals surface area contributed by atoms with Gasteiger partial charge in [-0.3, -0.25) is 4.79 Å². The van der Waals surface area contributed by atoms with Crippen LogP contribution < -0.4 is 5.32 Å². The van der Waals surface area contributed by atoms with E-state index in [2.05, 4.69) is 5.32 Å². The lowest BCUT2D eigenvalue weighted by molar-refractivity contribution is -0.00116. The highest BCUT2D eigenvalue weighted by atomic mass is 19.1. The van der Waals surface area contributed by atoms with E-state index in [9.17, 15) is 14.3 Å². The Morgan fingerprint density at radius 1 is 1.36 bits per heavy atom. The minimum Gasteiger partial charge on any atom is -0.396 e. The van der Waals surface area contributed by atoms with Gasteiger partial charge >= 0.3 is 0 Å². The zero-order chi connectivity index (χ0) is 15.6. The van der Waals surface area contributed by atoms with Crippen LogP contribution in [-0.2, 0) is 0 Å². The van der Waals surface area contributed by atoms with Crippen LogP contribution in [0.5, 0.6) is 0 Å². The number of amides is 1. The van der Waals surface area contributed by atoms with Crippen LogP contribution >= 0.6 is 0 Å². The Morgan fingerprint density at radius 2 is 2.14 bits per heavy atom. The molecule has 2 fully saturated rings. The molecule has 0 radical (unpaired) electrons. The van der Waals surface area contributed by atoms with Gasteiger partial charge in [0.25, 0.3) is 5.91 Å². The number of carbonyl (C=O) groups is 1. The molecule has 5 heteroatoms. The fourth-order valence-corrected chi connectivity index (χ4v) is 3.91. The van der Waals surface area contributed by atoms with Crippen molar-refractivity contribution in [2.45, 2.75) is 19.3 Å². The van der Waals surface area contributed by atoms with Gasteiger partial charge in [-0.1, -0.05) is 6.07 Å². The summed E-state index contributed by atoms with van der Waals surface area (Å²) in [6.45, 7) is 3.41. The highest BCUT2D eigenvalue weighted by Gasteiger charge is 2.43. The molecule has 3 rings (SSSR count). The van der Waals surface area contributed by atoms with Gasteiger partial charge in [-0.15, -0.1) is 0 Å². The van der Waals surface area contributed by atoms with Crippen LogP contribution in [0.2, 0.25) is 0 Å². The fraction of sp³-hybridized carbons (Fsp3) is 0.588. The van der Waals surface area contributed by atoms with Crippen LogP contribution in [-0.4, -0.2) is 48.7 Å². The zero-order valence-electron chi connectivity index (χ0n) is 12.7. The van der Waals surface area contributed by atoms with Crippen molar-refractivity contribution in [1.29, 1.82) is 0 Å². The molecule has 0 aromatic heterocycles. The first-order chi connectivity index (χ1) is 10.6. The van der Waals surface area contributed by atoms with Gasteiger partial charge in [0, 0.05) is 37.7 Å². The van der Waals surface area contributed by atoms with Crippen LogP contribution in [0.3, 0.4) is 0 Å². The molecule has 22 heavy (non-hydrogen) atoms. The van der Waals surface area contributed by atoms with Crippen molar-refractivity contribution < 1.29 is 14.3 Å². The van der Waals surface area contributed by atoms with Crippen molar-refractivity contribution in [3.63, 3.8) is 0 Å². The van der Waals surface area contributed by atoms with Gasteiger partial charge in [-0.25, -0.2) is 4.39 Å². The van der Waals surface area contributed by atoms with Gasteiger partial charge in [0.2, 0.25) is 0 Å². The maximum atomic E-state index is 13.3. The Hall–Kier alpha value is -1.46. The molecule has 0 unspecified atom stereocenters. The topological polar surface area (TPSA) is 52.6 Å². The average molecular weight is 306 g/mol. The van der Waals surface area contributed by atoms with Crippen molar-refractivity contribution in [3.05, 3.63) is 35.6 Å². The SMILES string of the molecule is O=C(c1cccc(F)c1)N1CCC2(CCNC[C@@H]2CO)CC1. The smallest absolute Gasteiger partial charge is 0.253 e. The summed E-state index contributed by atoms with van der Waals surface area (Å²) in [7, 11) is 0. The fourth-order valence-electron chi connectivity index (χ4n) is 3.91. The zero-order valence-corrected chi connectivity index (χ0v) is 12.7. The molecule has 0 aliphatic carbocycles. The molecule has 1 amide bonds. The van der Waals surface area contributed by atoms with E-state index in [0.717, 1.165) is 32.4 Å². The number of rotatable bonds is 2. The second kappa shape index (κ2) is 6.34. The molecule has 4 nitrogen and oxygen atoms in total. The minimum absolute atomic E-state index is 0.0937. The molecule has 2 aliphatic heterocycles. The third-order valence-electron chi connectivity index (χ3n) is 5.39. The van der Waals surface area contributed by atoms with Crippen LogP contribution in [0.1, 0.15) is 29.6 Å². The number of nitrogens with zero attached hydrogens (tertiary/aromatic N) is 1. The van der Waals surface area contributed by atoms with E-state index < -0.39 is 0 Å². The summed E-state index contributed by atoms with van der Waals surface area (Å²) in [4.78, 5) is 14.3. The van der Waals surface area contributed by atoms with E-state index >= 15 is 0 Å². The largest absolute Gasteiger partial charge is 0.396 e. The molecule has 1 spiro atoms. The number of aliphatic hydroxyl groups excluding tert-OH is 1. The van der Waals surface area contributed by atoms with Gasteiger partial charge in [0.1, 0.15) is 5.82 Å². The van der Waals surface area contributed by atoms with Crippen molar-refractivity contribution >= 4 is 5.91 Å². The molecule has 2 N–H and O–H groups in total. The average Bonchev–Trinajstić information content (AvgIpc) is 2.55. The maximum Gasteiger partial charge on any atom is 0.253 e. The molecule has 1 aromatic carbocycles. The number of benzene rings is 1. The first kappa shape index (κ1) is 15.4. The van der Waals surface area contributed by atoms with E-state index in [1.807, 2.05) is 4.90 Å². The van der Waals surface area contributed by atoms with E-state index in [1.54, 1.807) is 12.1 Å². The van der Waals surface area contributed by atoms with E-state index in [-0.39, 0.29) is 29.7 Å². The molecule has 2 saturated heterocycles. The summed E-state index contributed by atoms with van der Waals surface area (Å²) in [5, 5.41) is 13.0. The standard InChI is InChI=1S/C17H23FN2O2/c18-15-3-1-2-13(10-15)16(22)20-8-5-17(6-9-20)4-7-19-11-14(17)12-21/h1-3,10,14,19,21H,4-9,11-12H2/t14-/m1/s1. The van der Waals surface area contributed by atoms with E-state index in [0.29, 0.717) is 18.7 Å². The number of likely N-dealkylation sites (tertiary alicyclic amines) is 1. The molecule has 1 aromatic rings. The molecule has 2 heterocycles. The van der Waals surface area contributed by atoms with Gasteiger partial charge in [0.05, 0.1) is 0 Å². The lowest BCUT2D eigenvalue weighted by Gasteiger charge is -2.49. The monoisotopic (exact) mass is 306 g/mol. The number of piperidine rings is 2. The maximum absolute atomic E-state index is 13.3. The van der Waals surface area contributed by atoms with Crippen molar-refractivity contribution in [2.75, 3.05) is 32.8 Å². The molecule has 0 bridgehead atoms. The number of nitrogens with one attached hydrogen (secondary N) is 1. The van der Waals surface area contributed by atoms with Crippen molar-refractivity contribution in [3.8, 4) is 0 Å². The first-order valence-electron chi connectivity index (χ1n) is 8.01. The van der Waals surface area contributed by atoms with Gasteiger partial charge in [0.15, 0.2) is 0 Å². The van der Waals surface area contributed by atoms with Crippen LogP contribution in [0.15, 0.2) is 24.3 Å². The second-order valence-electron chi connectivity index (χ2n) is 6.50. The summed E-state index contributed by atoms with van der Waals surface area (Å²) < 4.78 is 13.3. The number of halogens is 1. The third-order valence-corrected chi connectivity index (χ3v) is 5.39.